The topological polar surface area (TPSA) is 57.7 Å². The van der Waals surface area contributed by atoms with E-state index in [0.29, 0.717) is 22.8 Å². The van der Waals surface area contributed by atoms with Gasteiger partial charge < -0.3 is 0 Å². The Hall–Kier alpha value is -2.28. The summed E-state index contributed by atoms with van der Waals surface area (Å²) in [5.41, 5.74) is 0.687. The zero-order chi connectivity index (χ0) is 21.2. The maximum absolute atomic E-state index is 13.4. The van der Waals surface area contributed by atoms with Crippen molar-refractivity contribution in [1.29, 1.82) is 0 Å². The van der Waals surface area contributed by atoms with Crippen LogP contribution < -0.4 is 4.90 Å². The molecule has 5 rings (SSSR count). The molecule has 0 radical (unpaired) electrons. The Morgan fingerprint density at radius 3 is 2.37 bits per heavy atom. The number of ketones is 1. The van der Waals surface area contributed by atoms with Crippen molar-refractivity contribution >= 4 is 46.5 Å². The van der Waals surface area contributed by atoms with Crippen LogP contribution in [0, 0.1) is 17.7 Å². The molecule has 4 atom stereocenters. The summed E-state index contributed by atoms with van der Waals surface area (Å²) >= 11 is 12.1. The summed E-state index contributed by atoms with van der Waals surface area (Å²) in [7, 11) is 0. The molecule has 5 nitrogen and oxygen atoms in total. The molecule has 2 aromatic carbocycles. The molecule has 3 saturated heterocycles. The fraction of sp³-hybridized carbons (Fsp3) is 0.318. The van der Waals surface area contributed by atoms with Crippen molar-refractivity contribution in [2.45, 2.75) is 24.9 Å². The van der Waals surface area contributed by atoms with E-state index in [9.17, 15) is 18.8 Å². The second-order valence-electron chi connectivity index (χ2n) is 7.93. The Labute approximate surface area is 182 Å². The Balaban J connectivity index is 1.55. The molecular weight excluding hydrogens is 430 g/mol. The van der Waals surface area contributed by atoms with Crippen LogP contribution in [-0.4, -0.2) is 41.1 Å². The van der Waals surface area contributed by atoms with Crippen LogP contribution in [0.1, 0.15) is 23.2 Å². The first-order chi connectivity index (χ1) is 14.4. The highest BCUT2D eigenvalue weighted by Gasteiger charge is 2.64. The molecule has 3 fully saturated rings. The average molecular weight is 447 g/mol. The standard InChI is InChI=1S/C22H17Cl2FN2O3/c23-14-8-7-13(10-15(14)24)27-21(29)17-16-2-1-9-26(16)19(18(17)22(27)30)20(28)11-3-5-12(25)6-4-11/h3-8,10,16-19H,1-2,9H2/t16-,17-,18+,19+/m1/s1. The number of nitrogens with zero attached hydrogens (tertiary/aromatic N) is 2. The van der Waals surface area contributed by atoms with Crippen LogP contribution in [0.3, 0.4) is 0 Å². The molecule has 0 aromatic heterocycles. The molecule has 0 N–H and O–H groups in total. The Morgan fingerprint density at radius 2 is 1.67 bits per heavy atom. The Kier molecular flexibility index (Phi) is 4.69. The number of amides is 2. The molecule has 3 heterocycles. The predicted octanol–water partition coefficient (Wildman–Crippen LogP) is 3.97. The molecule has 3 aliphatic rings. The molecule has 3 aliphatic heterocycles. The minimum absolute atomic E-state index is 0.159. The fourth-order valence-electron chi connectivity index (χ4n) is 5.18. The van der Waals surface area contributed by atoms with Gasteiger partial charge in [0.15, 0.2) is 5.78 Å². The number of carbonyl (C=O) groups excluding carboxylic acids is 3. The third-order valence-electron chi connectivity index (χ3n) is 6.41. The SMILES string of the molecule is O=C(c1ccc(F)cc1)[C@@H]1[C@H]2C(=O)N(c3ccc(Cl)c(Cl)c3)C(=O)[C@@H]2[C@H]2CCCN21. The Bertz CT molecular complexity index is 1070. The van der Waals surface area contributed by atoms with Crippen molar-refractivity contribution in [3.8, 4) is 0 Å². The van der Waals surface area contributed by atoms with Gasteiger partial charge in [-0.1, -0.05) is 23.2 Å². The second-order valence-corrected chi connectivity index (χ2v) is 8.74. The van der Waals surface area contributed by atoms with Gasteiger partial charge in [-0.25, -0.2) is 9.29 Å². The van der Waals surface area contributed by atoms with Gasteiger partial charge in [0.25, 0.3) is 0 Å². The molecule has 0 saturated carbocycles. The van der Waals surface area contributed by atoms with Gasteiger partial charge in [-0.05, 0) is 61.9 Å². The molecule has 154 valence electrons. The monoisotopic (exact) mass is 446 g/mol. The molecule has 0 unspecified atom stereocenters. The van der Waals surface area contributed by atoms with E-state index in [1.54, 1.807) is 6.07 Å². The summed E-state index contributed by atoms with van der Waals surface area (Å²) in [6.07, 6.45) is 1.61. The zero-order valence-corrected chi connectivity index (χ0v) is 17.2. The second kappa shape index (κ2) is 7.15. The van der Waals surface area contributed by atoms with E-state index in [0.717, 1.165) is 17.7 Å². The van der Waals surface area contributed by atoms with Crippen molar-refractivity contribution in [2.24, 2.45) is 11.8 Å². The van der Waals surface area contributed by atoms with E-state index >= 15 is 0 Å². The minimum atomic E-state index is -0.769. The smallest absolute Gasteiger partial charge is 0.239 e. The molecular formula is C22H17Cl2FN2O3. The van der Waals surface area contributed by atoms with Crippen LogP contribution in [-0.2, 0) is 9.59 Å². The van der Waals surface area contributed by atoms with E-state index in [2.05, 4.69) is 0 Å². The van der Waals surface area contributed by atoms with Crippen molar-refractivity contribution in [3.05, 3.63) is 63.9 Å². The lowest BCUT2D eigenvalue weighted by molar-refractivity contribution is -0.123. The van der Waals surface area contributed by atoms with Gasteiger partial charge >= 0.3 is 0 Å². The molecule has 0 aliphatic carbocycles. The van der Waals surface area contributed by atoms with Crippen LogP contribution in [0.2, 0.25) is 10.0 Å². The molecule has 0 bridgehead atoms. The van der Waals surface area contributed by atoms with Gasteiger partial charge in [0, 0.05) is 11.6 Å². The molecule has 2 amide bonds. The maximum atomic E-state index is 13.4. The number of rotatable bonds is 3. The molecule has 30 heavy (non-hydrogen) atoms. The highest BCUT2D eigenvalue weighted by Crippen LogP contribution is 2.48. The van der Waals surface area contributed by atoms with Gasteiger partial charge in [0.05, 0.1) is 33.6 Å². The predicted molar refractivity (Wildman–Crippen MR) is 110 cm³/mol. The average Bonchev–Trinajstić information content (AvgIpc) is 3.36. The number of benzene rings is 2. The number of carbonyl (C=O) groups is 3. The number of anilines is 1. The van der Waals surface area contributed by atoms with Crippen LogP contribution in [0.25, 0.3) is 0 Å². The van der Waals surface area contributed by atoms with Crippen molar-refractivity contribution in [1.82, 2.24) is 4.90 Å². The summed E-state index contributed by atoms with van der Waals surface area (Å²) in [4.78, 5) is 43.2. The first kappa shape index (κ1) is 19.7. The first-order valence-electron chi connectivity index (χ1n) is 9.77. The lowest BCUT2D eigenvalue weighted by Gasteiger charge is -2.27. The summed E-state index contributed by atoms with van der Waals surface area (Å²) in [6.45, 7) is 0.655. The minimum Gasteiger partial charge on any atom is -0.292 e. The lowest BCUT2D eigenvalue weighted by atomic mass is 9.85. The van der Waals surface area contributed by atoms with E-state index in [1.807, 2.05) is 4.90 Å². The van der Waals surface area contributed by atoms with Gasteiger partial charge in [-0.15, -0.1) is 0 Å². The molecule has 8 heteroatoms. The van der Waals surface area contributed by atoms with Gasteiger partial charge in [0.2, 0.25) is 11.8 Å². The van der Waals surface area contributed by atoms with Crippen LogP contribution in [0.5, 0.6) is 0 Å². The highest BCUT2D eigenvalue weighted by molar-refractivity contribution is 6.42. The van der Waals surface area contributed by atoms with E-state index in [1.165, 1.54) is 36.4 Å². The summed E-state index contributed by atoms with van der Waals surface area (Å²) in [6, 6.07) is 9.01. The molecule has 0 spiro atoms. The quantitative estimate of drug-likeness (QED) is 0.528. The number of fused-ring (bicyclic) bond motifs is 3. The summed E-state index contributed by atoms with van der Waals surface area (Å²) in [5, 5.41) is 0.569. The van der Waals surface area contributed by atoms with E-state index in [4.69, 9.17) is 23.2 Å². The fourth-order valence-corrected chi connectivity index (χ4v) is 5.47. The third-order valence-corrected chi connectivity index (χ3v) is 7.15. The maximum Gasteiger partial charge on any atom is 0.239 e. The summed E-state index contributed by atoms with van der Waals surface area (Å²) < 4.78 is 13.3. The van der Waals surface area contributed by atoms with Gasteiger partial charge in [-0.2, -0.15) is 0 Å². The van der Waals surface area contributed by atoms with E-state index in [-0.39, 0.29) is 22.8 Å². The molecule has 2 aromatic rings. The van der Waals surface area contributed by atoms with Crippen molar-refractivity contribution < 1.29 is 18.8 Å². The normalized spacial score (nSPS) is 28.2. The van der Waals surface area contributed by atoms with Crippen molar-refractivity contribution in [2.75, 3.05) is 11.4 Å². The zero-order valence-electron chi connectivity index (χ0n) is 15.7. The largest absolute Gasteiger partial charge is 0.292 e. The number of halogens is 3. The van der Waals surface area contributed by atoms with Crippen LogP contribution in [0.4, 0.5) is 10.1 Å². The first-order valence-corrected chi connectivity index (χ1v) is 10.5. The van der Waals surface area contributed by atoms with Crippen LogP contribution >= 0.6 is 23.2 Å². The van der Waals surface area contributed by atoms with Crippen molar-refractivity contribution in [3.63, 3.8) is 0 Å². The number of Topliss-reactive ketones (excluding diaryl/α,β-unsaturated/α-hetero) is 1. The van der Waals surface area contributed by atoms with Gasteiger partial charge in [0.1, 0.15) is 5.82 Å². The third kappa shape index (κ3) is 2.82. The number of imide groups is 1. The lowest BCUT2D eigenvalue weighted by Crippen LogP contribution is -2.46. The number of hydrogen-bond acceptors (Lipinski definition) is 4. The van der Waals surface area contributed by atoms with E-state index < -0.39 is 29.6 Å². The highest BCUT2D eigenvalue weighted by atomic mass is 35.5. The Morgan fingerprint density at radius 1 is 0.967 bits per heavy atom. The summed E-state index contributed by atoms with van der Waals surface area (Å²) in [5.74, 6) is -2.76. The van der Waals surface area contributed by atoms with Gasteiger partial charge in [-0.3, -0.25) is 19.3 Å². The van der Waals surface area contributed by atoms with Crippen LogP contribution in [0.15, 0.2) is 42.5 Å². The number of hydrogen-bond donors (Lipinski definition) is 0.